The van der Waals surface area contributed by atoms with Gasteiger partial charge in [0.25, 0.3) is 5.91 Å². The summed E-state index contributed by atoms with van der Waals surface area (Å²) >= 11 is 6.09. The number of hydrogen-bond acceptors (Lipinski definition) is 4. The lowest BCUT2D eigenvalue weighted by Crippen LogP contribution is -2.17. The molecule has 0 atom stereocenters. The predicted octanol–water partition coefficient (Wildman–Crippen LogP) is 3.66. The average Bonchev–Trinajstić information content (AvgIpc) is 2.55. The number of carbonyl (C=O) groups is 1. The molecule has 1 amide bonds. The number of aromatic nitrogens is 1. The van der Waals surface area contributed by atoms with E-state index in [1.165, 1.54) is 0 Å². The number of pyridine rings is 1. The Morgan fingerprint density at radius 3 is 2.75 bits per heavy atom. The Labute approximate surface area is 148 Å². The lowest BCUT2D eigenvalue weighted by molar-refractivity contribution is 0.102. The topological polar surface area (TPSA) is 57.3 Å². The normalized spacial score (nSPS) is 10.7. The number of nitrogens with one attached hydrogen (secondary N) is 2. The van der Waals surface area contributed by atoms with Gasteiger partial charge in [-0.3, -0.25) is 4.79 Å². The summed E-state index contributed by atoms with van der Waals surface area (Å²) in [5, 5.41) is 6.72. The predicted molar refractivity (Wildman–Crippen MR) is 100 cm³/mol. The molecule has 2 aromatic rings. The Balaban J connectivity index is 1.96. The summed E-state index contributed by atoms with van der Waals surface area (Å²) in [4.78, 5) is 18.7. The first kappa shape index (κ1) is 18.2. The van der Waals surface area contributed by atoms with Gasteiger partial charge in [-0.2, -0.15) is 0 Å². The monoisotopic (exact) mass is 346 g/mol. The fourth-order valence-corrected chi connectivity index (χ4v) is 2.33. The van der Waals surface area contributed by atoms with Gasteiger partial charge in [0, 0.05) is 29.0 Å². The van der Waals surface area contributed by atoms with E-state index in [-0.39, 0.29) is 5.91 Å². The van der Waals surface area contributed by atoms with Gasteiger partial charge in [-0.1, -0.05) is 17.7 Å². The molecule has 2 rings (SSSR count). The molecule has 1 heterocycles. The molecule has 5 nitrogen and oxygen atoms in total. The van der Waals surface area contributed by atoms with Crippen LogP contribution in [0.15, 0.2) is 36.5 Å². The molecule has 0 bridgehead atoms. The number of benzene rings is 1. The molecule has 6 heteroatoms. The summed E-state index contributed by atoms with van der Waals surface area (Å²) < 4.78 is 0. The van der Waals surface area contributed by atoms with Crippen LogP contribution in [0.1, 0.15) is 22.3 Å². The maximum atomic E-state index is 12.4. The summed E-state index contributed by atoms with van der Waals surface area (Å²) in [6.45, 7) is 3.73. The summed E-state index contributed by atoms with van der Waals surface area (Å²) in [7, 11) is 4.08. The van der Waals surface area contributed by atoms with Crippen molar-refractivity contribution in [3.63, 3.8) is 0 Å². The lowest BCUT2D eigenvalue weighted by Gasteiger charge is -2.11. The molecule has 0 unspecified atom stereocenters. The third-order valence-corrected chi connectivity index (χ3v) is 3.95. The van der Waals surface area contributed by atoms with Gasteiger partial charge in [0.1, 0.15) is 5.82 Å². The fraction of sp³-hybridized carbons (Fsp3) is 0.333. The van der Waals surface area contributed by atoms with E-state index < -0.39 is 0 Å². The molecule has 0 fully saturated rings. The highest BCUT2D eigenvalue weighted by atomic mass is 35.5. The number of carbonyl (C=O) groups excluding carboxylic acids is 1. The molecule has 0 spiro atoms. The number of halogens is 1. The smallest absolute Gasteiger partial charge is 0.255 e. The first-order chi connectivity index (χ1) is 11.5. The Morgan fingerprint density at radius 2 is 2.04 bits per heavy atom. The van der Waals surface area contributed by atoms with Gasteiger partial charge in [0.2, 0.25) is 0 Å². The third-order valence-electron chi connectivity index (χ3n) is 3.54. The number of rotatable bonds is 7. The van der Waals surface area contributed by atoms with Gasteiger partial charge in [0.05, 0.1) is 0 Å². The van der Waals surface area contributed by atoms with Gasteiger partial charge >= 0.3 is 0 Å². The minimum Gasteiger partial charge on any atom is -0.370 e. The molecular formula is C18H23ClN4O. The van der Waals surface area contributed by atoms with Crippen molar-refractivity contribution >= 4 is 29.0 Å². The Morgan fingerprint density at radius 1 is 1.25 bits per heavy atom. The van der Waals surface area contributed by atoms with Crippen LogP contribution in [0.5, 0.6) is 0 Å². The zero-order valence-corrected chi connectivity index (χ0v) is 15.0. The number of hydrogen-bond donors (Lipinski definition) is 2. The van der Waals surface area contributed by atoms with Crippen molar-refractivity contribution in [2.24, 2.45) is 0 Å². The summed E-state index contributed by atoms with van der Waals surface area (Å²) in [6.07, 6.45) is 2.64. The number of amides is 1. The molecular weight excluding hydrogens is 324 g/mol. The van der Waals surface area contributed by atoms with Gasteiger partial charge in [-0.25, -0.2) is 4.98 Å². The molecule has 0 radical (unpaired) electrons. The van der Waals surface area contributed by atoms with Gasteiger partial charge in [-0.15, -0.1) is 0 Å². The lowest BCUT2D eigenvalue weighted by atomic mass is 10.2. The zero-order chi connectivity index (χ0) is 17.5. The van der Waals surface area contributed by atoms with E-state index in [4.69, 9.17) is 11.6 Å². The molecule has 0 aliphatic heterocycles. The highest BCUT2D eigenvalue weighted by molar-refractivity contribution is 6.31. The molecule has 0 aliphatic carbocycles. The number of nitrogens with zero attached hydrogens (tertiary/aromatic N) is 2. The molecule has 1 aromatic carbocycles. The van der Waals surface area contributed by atoms with E-state index >= 15 is 0 Å². The molecule has 0 saturated heterocycles. The second-order valence-corrected chi connectivity index (χ2v) is 6.34. The standard InChI is InChI=1S/C18H23ClN4O/c1-13-5-6-15(12-16(13)19)22-18(24)14-7-9-21-17(11-14)20-8-4-10-23(2)3/h5-7,9,11-12H,4,8,10H2,1-3H3,(H,20,21)(H,22,24). The van der Waals surface area contributed by atoms with Crippen LogP contribution >= 0.6 is 11.6 Å². The van der Waals surface area contributed by atoms with E-state index in [2.05, 4.69) is 20.5 Å². The number of aryl methyl sites for hydroxylation is 1. The van der Waals surface area contributed by atoms with Crippen LogP contribution in [0.25, 0.3) is 0 Å². The maximum Gasteiger partial charge on any atom is 0.255 e. The minimum atomic E-state index is -0.186. The highest BCUT2D eigenvalue weighted by Crippen LogP contribution is 2.20. The zero-order valence-electron chi connectivity index (χ0n) is 14.3. The summed E-state index contributed by atoms with van der Waals surface area (Å²) in [6, 6.07) is 8.90. The Kier molecular flexibility index (Phi) is 6.58. The van der Waals surface area contributed by atoms with E-state index in [0.29, 0.717) is 22.1 Å². The van der Waals surface area contributed by atoms with Crippen molar-refractivity contribution < 1.29 is 4.79 Å². The van der Waals surface area contributed by atoms with Crippen LogP contribution in [0, 0.1) is 6.92 Å². The van der Waals surface area contributed by atoms with Crippen LogP contribution in [0.4, 0.5) is 11.5 Å². The van der Waals surface area contributed by atoms with Crippen LogP contribution in [0.3, 0.4) is 0 Å². The van der Waals surface area contributed by atoms with Crippen LogP contribution in [-0.2, 0) is 0 Å². The van der Waals surface area contributed by atoms with Crippen molar-refractivity contribution in [3.05, 3.63) is 52.7 Å². The van der Waals surface area contributed by atoms with Crippen molar-refractivity contribution in [2.45, 2.75) is 13.3 Å². The SMILES string of the molecule is Cc1ccc(NC(=O)c2ccnc(NCCCN(C)C)c2)cc1Cl. The van der Waals surface area contributed by atoms with Crippen molar-refractivity contribution in [2.75, 3.05) is 37.8 Å². The molecule has 24 heavy (non-hydrogen) atoms. The van der Waals surface area contributed by atoms with E-state index in [0.717, 1.165) is 25.1 Å². The van der Waals surface area contributed by atoms with Gasteiger partial charge < -0.3 is 15.5 Å². The Bertz CT molecular complexity index is 703. The largest absolute Gasteiger partial charge is 0.370 e. The molecule has 0 saturated carbocycles. The fourth-order valence-electron chi connectivity index (χ4n) is 2.15. The molecule has 0 aliphatic rings. The first-order valence-corrected chi connectivity index (χ1v) is 8.25. The van der Waals surface area contributed by atoms with Crippen molar-refractivity contribution in [1.29, 1.82) is 0 Å². The number of anilines is 2. The molecule has 1 aromatic heterocycles. The van der Waals surface area contributed by atoms with Crippen LogP contribution in [-0.4, -0.2) is 43.0 Å². The molecule has 2 N–H and O–H groups in total. The Hall–Kier alpha value is -2.11. The van der Waals surface area contributed by atoms with Crippen molar-refractivity contribution in [3.8, 4) is 0 Å². The minimum absolute atomic E-state index is 0.186. The van der Waals surface area contributed by atoms with E-state index in [9.17, 15) is 4.79 Å². The first-order valence-electron chi connectivity index (χ1n) is 7.88. The maximum absolute atomic E-state index is 12.4. The summed E-state index contributed by atoms with van der Waals surface area (Å²) in [5.74, 6) is 0.511. The summed E-state index contributed by atoms with van der Waals surface area (Å²) in [5.41, 5.74) is 2.20. The molecule has 128 valence electrons. The third kappa shape index (κ3) is 5.51. The quantitative estimate of drug-likeness (QED) is 0.751. The van der Waals surface area contributed by atoms with Gasteiger partial charge in [0.15, 0.2) is 0 Å². The second-order valence-electron chi connectivity index (χ2n) is 5.93. The van der Waals surface area contributed by atoms with E-state index in [1.54, 1.807) is 24.4 Å². The second kappa shape index (κ2) is 8.66. The van der Waals surface area contributed by atoms with Crippen molar-refractivity contribution in [1.82, 2.24) is 9.88 Å². The van der Waals surface area contributed by atoms with E-state index in [1.807, 2.05) is 33.2 Å². The van der Waals surface area contributed by atoms with Crippen LogP contribution in [0.2, 0.25) is 5.02 Å². The highest BCUT2D eigenvalue weighted by Gasteiger charge is 2.08. The average molecular weight is 347 g/mol. The van der Waals surface area contributed by atoms with Crippen LogP contribution < -0.4 is 10.6 Å². The van der Waals surface area contributed by atoms with Gasteiger partial charge in [-0.05, 0) is 63.8 Å².